The van der Waals surface area contributed by atoms with Gasteiger partial charge in [-0.3, -0.25) is 4.79 Å². The fraction of sp³-hybridized carbons (Fsp3) is 0.400. The normalized spacial score (nSPS) is 21.0. The molecule has 0 aromatic heterocycles. The highest BCUT2D eigenvalue weighted by atomic mass is 16.6. The summed E-state index contributed by atoms with van der Waals surface area (Å²) < 4.78 is 9.07. The van der Waals surface area contributed by atoms with Crippen LogP contribution in [0.3, 0.4) is 0 Å². The summed E-state index contributed by atoms with van der Waals surface area (Å²) in [5.74, 6) is -3.48. The standard InChI is InChI=1S/C10H12O7/c1-2-3-6(12)16-4-5(11)9-7(13)8(14)10(15)17-9/h2,5,9,11,13-14H,1,3-4H2/t5?,9-/m1/s1. The molecule has 1 unspecified atom stereocenters. The van der Waals surface area contributed by atoms with Crippen LogP contribution >= 0.6 is 0 Å². The van der Waals surface area contributed by atoms with Crippen molar-refractivity contribution in [2.75, 3.05) is 6.61 Å². The van der Waals surface area contributed by atoms with E-state index in [-0.39, 0.29) is 6.42 Å². The second-order valence-corrected chi connectivity index (χ2v) is 3.30. The number of aliphatic hydroxyl groups is 3. The number of esters is 2. The van der Waals surface area contributed by atoms with Crippen molar-refractivity contribution in [1.29, 1.82) is 0 Å². The first-order valence-electron chi connectivity index (χ1n) is 4.75. The predicted octanol–water partition coefficient (Wildman–Crippen LogP) is -0.280. The molecule has 0 radical (unpaired) electrons. The molecule has 0 aromatic rings. The Morgan fingerprint density at radius 3 is 2.71 bits per heavy atom. The highest BCUT2D eigenvalue weighted by molar-refractivity contribution is 5.89. The van der Waals surface area contributed by atoms with E-state index in [0.29, 0.717) is 0 Å². The Morgan fingerprint density at radius 2 is 2.24 bits per heavy atom. The lowest BCUT2D eigenvalue weighted by molar-refractivity contribution is -0.153. The van der Waals surface area contributed by atoms with Crippen LogP contribution in [0.4, 0.5) is 0 Å². The predicted molar refractivity (Wildman–Crippen MR) is 53.9 cm³/mol. The van der Waals surface area contributed by atoms with Crippen molar-refractivity contribution in [2.45, 2.75) is 18.6 Å². The maximum Gasteiger partial charge on any atom is 0.377 e. The van der Waals surface area contributed by atoms with Gasteiger partial charge in [0.15, 0.2) is 11.9 Å². The van der Waals surface area contributed by atoms with Crippen LogP contribution in [0.2, 0.25) is 0 Å². The molecule has 1 aliphatic rings. The summed E-state index contributed by atoms with van der Waals surface area (Å²) in [7, 11) is 0. The van der Waals surface area contributed by atoms with E-state index in [1.807, 2.05) is 0 Å². The van der Waals surface area contributed by atoms with Crippen LogP contribution in [0, 0.1) is 0 Å². The number of aliphatic hydroxyl groups excluding tert-OH is 3. The summed E-state index contributed by atoms with van der Waals surface area (Å²) in [5, 5.41) is 27.7. The third kappa shape index (κ3) is 2.97. The number of hydrogen-bond acceptors (Lipinski definition) is 7. The van der Waals surface area contributed by atoms with E-state index in [0.717, 1.165) is 0 Å². The summed E-state index contributed by atoms with van der Waals surface area (Å²) in [5.41, 5.74) is 0. The van der Waals surface area contributed by atoms with Gasteiger partial charge in [0.25, 0.3) is 0 Å². The highest BCUT2D eigenvalue weighted by Crippen LogP contribution is 2.21. The van der Waals surface area contributed by atoms with Crippen LogP contribution in [0.5, 0.6) is 0 Å². The smallest absolute Gasteiger partial charge is 0.377 e. The minimum absolute atomic E-state index is 0.0236. The monoisotopic (exact) mass is 244 g/mol. The van der Waals surface area contributed by atoms with Gasteiger partial charge in [0.1, 0.15) is 12.7 Å². The molecule has 1 heterocycles. The van der Waals surface area contributed by atoms with Crippen LogP contribution < -0.4 is 0 Å². The van der Waals surface area contributed by atoms with E-state index in [1.54, 1.807) is 0 Å². The minimum Gasteiger partial charge on any atom is -0.505 e. The lowest BCUT2D eigenvalue weighted by atomic mass is 10.2. The fourth-order valence-corrected chi connectivity index (χ4v) is 1.17. The second kappa shape index (κ2) is 5.35. The Kier molecular flexibility index (Phi) is 4.11. The van der Waals surface area contributed by atoms with Crippen molar-refractivity contribution in [3.05, 3.63) is 24.2 Å². The molecule has 0 saturated carbocycles. The molecular weight excluding hydrogens is 232 g/mol. The molecule has 7 nitrogen and oxygen atoms in total. The first-order valence-corrected chi connectivity index (χ1v) is 4.75. The Balaban J connectivity index is 2.50. The third-order valence-corrected chi connectivity index (χ3v) is 2.02. The summed E-state index contributed by atoms with van der Waals surface area (Å²) >= 11 is 0. The average Bonchev–Trinajstić information content (AvgIpc) is 2.54. The van der Waals surface area contributed by atoms with Gasteiger partial charge in [-0.1, -0.05) is 6.08 Å². The summed E-state index contributed by atoms with van der Waals surface area (Å²) in [6, 6.07) is 0. The van der Waals surface area contributed by atoms with E-state index in [1.165, 1.54) is 6.08 Å². The van der Waals surface area contributed by atoms with Crippen molar-refractivity contribution in [2.24, 2.45) is 0 Å². The van der Waals surface area contributed by atoms with E-state index in [4.69, 9.17) is 5.11 Å². The Labute approximate surface area is 96.6 Å². The van der Waals surface area contributed by atoms with Crippen molar-refractivity contribution < 1.29 is 34.4 Å². The minimum atomic E-state index is -1.45. The number of carbonyl (C=O) groups is 2. The zero-order valence-electron chi connectivity index (χ0n) is 8.83. The van der Waals surface area contributed by atoms with Crippen LogP contribution in [-0.4, -0.2) is 46.1 Å². The van der Waals surface area contributed by atoms with E-state index >= 15 is 0 Å². The maximum absolute atomic E-state index is 10.9. The Bertz CT molecular complexity index is 371. The molecule has 0 aromatic carbocycles. The lowest BCUT2D eigenvalue weighted by Gasteiger charge is -2.16. The van der Waals surface area contributed by atoms with Crippen LogP contribution in [0.15, 0.2) is 24.2 Å². The zero-order chi connectivity index (χ0) is 13.0. The van der Waals surface area contributed by atoms with Crippen molar-refractivity contribution in [3.8, 4) is 0 Å². The van der Waals surface area contributed by atoms with E-state index in [2.05, 4.69) is 16.1 Å². The lowest BCUT2D eigenvalue weighted by Crippen LogP contribution is -2.33. The highest BCUT2D eigenvalue weighted by Gasteiger charge is 2.39. The number of cyclic esters (lactones) is 1. The van der Waals surface area contributed by atoms with Gasteiger partial charge in [-0.15, -0.1) is 6.58 Å². The molecule has 2 atom stereocenters. The van der Waals surface area contributed by atoms with Gasteiger partial charge in [-0.05, 0) is 0 Å². The van der Waals surface area contributed by atoms with Crippen LogP contribution in [0.25, 0.3) is 0 Å². The molecule has 0 saturated heterocycles. The van der Waals surface area contributed by atoms with E-state index in [9.17, 15) is 19.8 Å². The van der Waals surface area contributed by atoms with Gasteiger partial charge in [0.2, 0.25) is 5.76 Å². The number of hydrogen-bond donors (Lipinski definition) is 3. The first kappa shape index (κ1) is 13.0. The Morgan fingerprint density at radius 1 is 1.59 bits per heavy atom. The average molecular weight is 244 g/mol. The van der Waals surface area contributed by atoms with Gasteiger partial charge < -0.3 is 24.8 Å². The molecule has 3 N–H and O–H groups in total. The third-order valence-electron chi connectivity index (χ3n) is 2.02. The van der Waals surface area contributed by atoms with Gasteiger partial charge >= 0.3 is 11.9 Å². The molecule has 0 fully saturated rings. The molecule has 0 amide bonds. The molecule has 0 bridgehead atoms. The Hall–Kier alpha value is -2.02. The van der Waals surface area contributed by atoms with E-state index < -0.39 is 42.3 Å². The molecule has 0 aliphatic carbocycles. The van der Waals surface area contributed by atoms with Gasteiger partial charge in [0, 0.05) is 0 Å². The quantitative estimate of drug-likeness (QED) is 0.450. The second-order valence-electron chi connectivity index (χ2n) is 3.30. The molecule has 0 spiro atoms. The van der Waals surface area contributed by atoms with Crippen molar-refractivity contribution >= 4 is 11.9 Å². The molecule has 94 valence electrons. The fourth-order valence-electron chi connectivity index (χ4n) is 1.17. The van der Waals surface area contributed by atoms with Gasteiger partial charge in [-0.2, -0.15) is 0 Å². The number of carbonyl (C=O) groups excluding carboxylic acids is 2. The number of ether oxygens (including phenoxy) is 2. The summed E-state index contributed by atoms with van der Waals surface area (Å²) in [6.45, 7) is 2.85. The number of rotatable bonds is 5. The molecule has 7 heteroatoms. The largest absolute Gasteiger partial charge is 0.505 e. The SMILES string of the molecule is C=CCC(=O)OCC(O)[C@H]1OC(=O)C(O)=C1O. The van der Waals surface area contributed by atoms with Gasteiger partial charge in [-0.25, -0.2) is 4.79 Å². The van der Waals surface area contributed by atoms with Crippen molar-refractivity contribution in [3.63, 3.8) is 0 Å². The summed E-state index contributed by atoms with van der Waals surface area (Å²) in [6.07, 6.45) is -1.56. The summed E-state index contributed by atoms with van der Waals surface area (Å²) in [4.78, 5) is 21.8. The molecule has 1 aliphatic heterocycles. The molecule has 1 rings (SSSR count). The zero-order valence-corrected chi connectivity index (χ0v) is 8.83. The van der Waals surface area contributed by atoms with Crippen molar-refractivity contribution in [1.82, 2.24) is 0 Å². The van der Waals surface area contributed by atoms with Crippen LogP contribution in [-0.2, 0) is 19.1 Å². The van der Waals surface area contributed by atoms with Crippen LogP contribution in [0.1, 0.15) is 6.42 Å². The molecule has 17 heavy (non-hydrogen) atoms. The maximum atomic E-state index is 10.9. The topological polar surface area (TPSA) is 113 Å². The van der Waals surface area contributed by atoms with Gasteiger partial charge in [0.05, 0.1) is 6.42 Å². The first-order chi connectivity index (χ1) is 7.97. The molecular formula is C10H12O7.